The molecule has 5 nitrogen and oxygen atoms in total. The van der Waals surface area contributed by atoms with Gasteiger partial charge in [0.15, 0.2) is 0 Å². The number of nitro groups is 1. The van der Waals surface area contributed by atoms with Gasteiger partial charge in [-0.15, -0.1) is 0 Å². The van der Waals surface area contributed by atoms with E-state index < -0.39 is 4.92 Å². The predicted molar refractivity (Wildman–Crippen MR) is 61.8 cm³/mol. The van der Waals surface area contributed by atoms with Crippen LogP contribution in [-0.2, 0) is 0 Å². The quantitative estimate of drug-likeness (QED) is 0.487. The fraction of sp³-hybridized carbons (Fsp3) is 0.200. The van der Waals surface area contributed by atoms with Crippen LogP contribution in [0.4, 0.5) is 5.69 Å². The number of halogens is 1. The summed E-state index contributed by atoms with van der Waals surface area (Å²) in [6.45, 7) is 0.593. The Kier molecular flexibility index (Phi) is 4.75. The number of rotatable bonds is 5. The standard InChI is InChI=1S/C10H11ClN2O3/c11-8-4-3-5-9(13(14)15)10(8)16-7-2-1-6-12/h1-5H,6-7,12H2/b2-1+. The lowest BCUT2D eigenvalue weighted by molar-refractivity contribution is -0.385. The van der Waals surface area contributed by atoms with E-state index in [2.05, 4.69) is 0 Å². The molecule has 6 heteroatoms. The number of benzene rings is 1. The number of ether oxygens (including phenoxy) is 1. The minimum absolute atomic E-state index is 0.0795. The van der Waals surface area contributed by atoms with Crippen molar-refractivity contribution in [3.05, 3.63) is 45.5 Å². The molecular weight excluding hydrogens is 232 g/mol. The molecule has 1 aromatic carbocycles. The highest BCUT2D eigenvalue weighted by Gasteiger charge is 2.17. The molecule has 0 fully saturated rings. The molecule has 0 unspecified atom stereocenters. The summed E-state index contributed by atoms with van der Waals surface area (Å²) < 4.78 is 5.22. The van der Waals surface area contributed by atoms with Gasteiger partial charge in [-0.25, -0.2) is 0 Å². The lowest BCUT2D eigenvalue weighted by Gasteiger charge is -2.05. The summed E-state index contributed by atoms with van der Waals surface area (Å²) in [5.74, 6) is 0.0795. The lowest BCUT2D eigenvalue weighted by Crippen LogP contribution is -2.00. The van der Waals surface area contributed by atoms with Crippen molar-refractivity contribution in [2.45, 2.75) is 0 Å². The molecule has 86 valence electrons. The third-order valence-corrected chi connectivity index (χ3v) is 2.07. The first-order chi connectivity index (χ1) is 7.66. The Morgan fingerprint density at radius 3 is 2.88 bits per heavy atom. The first kappa shape index (κ1) is 12.5. The first-order valence-corrected chi connectivity index (χ1v) is 4.95. The van der Waals surface area contributed by atoms with Crippen LogP contribution in [0.5, 0.6) is 5.75 Å². The van der Waals surface area contributed by atoms with Gasteiger partial charge in [0.2, 0.25) is 5.75 Å². The minimum Gasteiger partial charge on any atom is -0.482 e. The number of hydrogen-bond acceptors (Lipinski definition) is 4. The van der Waals surface area contributed by atoms with Crippen molar-refractivity contribution >= 4 is 17.3 Å². The number of nitrogens with two attached hydrogens (primary N) is 1. The monoisotopic (exact) mass is 242 g/mol. The van der Waals surface area contributed by atoms with Crippen molar-refractivity contribution in [1.82, 2.24) is 0 Å². The highest BCUT2D eigenvalue weighted by Crippen LogP contribution is 2.34. The number of hydrogen-bond donors (Lipinski definition) is 1. The summed E-state index contributed by atoms with van der Waals surface area (Å²) in [6.07, 6.45) is 3.37. The molecule has 0 bridgehead atoms. The SMILES string of the molecule is NC/C=C/COc1c(Cl)cccc1[N+](=O)[O-]. The van der Waals surface area contributed by atoms with Gasteiger partial charge < -0.3 is 10.5 Å². The van der Waals surface area contributed by atoms with Crippen LogP contribution >= 0.6 is 11.6 Å². The molecule has 0 aliphatic carbocycles. The Bertz CT molecular complexity index is 407. The lowest BCUT2D eigenvalue weighted by atomic mass is 10.3. The summed E-state index contributed by atoms with van der Waals surface area (Å²) in [6, 6.07) is 4.38. The zero-order valence-electron chi connectivity index (χ0n) is 8.43. The van der Waals surface area contributed by atoms with E-state index in [-0.39, 0.29) is 23.1 Å². The first-order valence-electron chi connectivity index (χ1n) is 4.57. The Balaban J connectivity index is 2.84. The predicted octanol–water partition coefficient (Wildman–Crippen LogP) is 2.14. The molecule has 1 aromatic rings. The second kappa shape index (κ2) is 6.09. The van der Waals surface area contributed by atoms with Gasteiger partial charge in [0.1, 0.15) is 6.61 Å². The number of nitro benzene ring substituents is 1. The molecule has 0 saturated heterocycles. The third kappa shape index (κ3) is 3.22. The molecule has 1 rings (SSSR count). The van der Waals surface area contributed by atoms with Crippen LogP contribution in [0, 0.1) is 10.1 Å². The molecule has 0 aliphatic heterocycles. The molecule has 16 heavy (non-hydrogen) atoms. The van der Waals surface area contributed by atoms with Crippen LogP contribution in [0.3, 0.4) is 0 Å². The third-order valence-electron chi connectivity index (χ3n) is 1.77. The highest BCUT2D eigenvalue weighted by molar-refractivity contribution is 6.32. The molecule has 0 aliphatic rings. The molecule has 0 saturated carbocycles. The average Bonchev–Trinajstić information content (AvgIpc) is 2.25. The molecule has 0 radical (unpaired) electrons. The Hall–Kier alpha value is -1.59. The molecule has 0 aromatic heterocycles. The molecule has 0 heterocycles. The summed E-state index contributed by atoms with van der Waals surface area (Å²) in [7, 11) is 0. The van der Waals surface area contributed by atoms with E-state index in [1.807, 2.05) is 0 Å². The van der Waals surface area contributed by atoms with E-state index in [1.54, 1.807) is 12.2 Å². The van der Waals surface area contributed by atoms with Crippen LogP contribution in [-0.4, -0.2) is 18.1 Å². The van der Waals surface area contributed by atoms with Crippen molar-refractivity contribution in [3.63, 3.8) is 0 Å². The Morgan fingerprint density at radius 1 is 1.50 bits per heavy atom. The molecule has 0 amide bonds. The van der Waals surface area contributed by atoms with Crippen molar-refractivity contribution in [1.29, 1.82) is 0 Å². The van der Waals surface area contributed by atoms with Crippen molar-refractivity contribution < 1.29 is 9.66 Å². The number of nitrogens with zero attached hydrogens (tertiary/aromatic N) is 1. The summed E-state index contributed by atoms with van der Waals surface area (Å²) in [4.78, 5) is 10.2. The van der Waals surface area contributed by atoms with Gasteiger partial charge in [-0.2, -0.15) is 0 Å². The summed E-state index contributed by atoms with van der Waals surface area (Å²) in [5, 5.41) is 10.9. The van der Waals surface area contributed by atoms with E-state index in [4.69, 9.17) is 22.1 Å². The van der Waals surface area contributed by atoms with Gasteiger partial charge in [-0.3, -0.25) is 10.1 Å². The molecule has 0 atom stereocenters. The maximum Gasteiger partial charge on any atom is 0.312 e. The zero-order valence-corrected chi connectivity index (χ0v) is 9.18. The van der Waals surface area contributed by atoms with Crippen LogP contribution in [0.15, 0.2) is 30.4 Å². The Labute approximate surface area is 97.6 Å². The second-order valence-electron chi connectivity index (χ2n) is 2.86. The van der Waals surface area contributed by atoms with Gasteiger partial charge in [-0.05, 0) is 6.07 Å². The van der Waals surface area contributed by atoms with Gasteiger partial charge in [0, 0.05) is 12.6 Å². The molecular formula is C10H11ClN2O3. The van der Waals surface area contributed by atoms with Crippen molar-refractivity contribution in [2.75, 3.05) is 13.2 Å². The van der Waals surface area contributed by atoms with Crippen LogP contribution in [0.2, 0.25) is 5.02 Å². The van der Waals surface area contributed by atoms with E-state index in [0.717, 1.165) is 0 Å². The van der Waals surface area contributed by atoms with Crippen LogP contribution in [0.25, 0.3) is 0 Å². The summed E-state index contributed by atoms with van der Waals surface area (Å²) in [5.41, 5.74) is 5.09. The van der Waals surface area contributed by atoms with Crippen molar-refractivity contribution in [3.8, 4) is 5.75 Å². The van der Waals surface area contributed by atoms with Gasteiger partial charge in [0.25, 0.3) is 0 Å². The molecule has 0 spiro atoms. The topological polar surface area (TPSA) is 78.4 Å². The van der Waals surface area contributed by atoms with Gasteiger partial charge in [-0.1, -0.05) is 29.8 Å². The van der Waals surface area contributed by atoms with Crippen molar-refractivity contribution in [2.24, 2.45) is 5.73 Å². The van der Waals surface area contributed by atoms with Gasteiger partial charge in [0.05, 0.1) is 9.95 Å². The maximum absolute atomic E-state index is 10.7. The number of para-hydroxylation sites is 1. The second-order valence-corrected chi connectivity index (χ2v) is 3.27. The minimum atomic E-state index is -0.534. The van der Waals surface area contributed by atoms with Crippen LogP contribution < -0.4 is 10.5 Å². The van der Waals surface area contributed by atoms with E-state index in [0.29, 0.717) is 6.54 Å². The fourth-order valence-corrected chi connectivity index (χ4v) is 1.30. The van der Waals surface area contributed by atoms with E-state index in [9.17, 15) is 10.1 Å². The normalized spacial score (nSPS) is 10.6. The zero-order chi connectivity index (χ0) is 12.0. The highest BCUT2D eigenvalue weighted by atomic mass is 35.5. The average molecular weight is 243 g/mol. The van der Waals surface area contributed by atoms with E-state index >= 15 is 0 Å². The largest absolute Gasteiger partial charge is 0.482 e. The Morgan fingerprint density at radius 2 is 2.25 bits per heavy atom. The van der Waals surface area contributed by atoms with E-state index in [1.165, 1.54) is 18.2 Å². The smallest absolute Gasteiger partial charge is 0.312 e. The van der Waals surface area contributed by atoms with Gasteiger partial charge >= 0.3 is 5.69 Å². The molecule has 2 N–H and O–H groups in total. The fourth-order valence-electron chi connectivity index (χ4n) is 1.08. The van der Waals surface area contributed by atoms with Crippen LogP contribution in [0.1, 0.15) is 0 Å². The summed E-state index contributed by atoms with van der Waals surface area (Å²) >= 11 is 5.81. The maximum atomic E-state index is 10.7.